The Balaban J connectivity index is 3.15. The van der Waals surface area contributed by atoms with Gasteiger partial charge in [0.1, 0.15) is 10.6 Å². The second-order valence-corrected chi connectivity index (χ2v) is 6.17. The van der Waals surface area contributed by atoms with Crippen LogP contribution < -0.4 is 15.2 Å². The zero-order valence-corrected chi connectivity index (χ0v) is 11.4. The molecule has 0 bridgehead atoms. The van der Waals surface area contributed by atoms with Gasteiger partial charge in [0.25, 0.3) is 0 Å². The second kappa shape index (κ2) is 5.81. The number of rotatable bonds is 6. The first kappa shape index (κ1) is 15.8. The van der Waals surface area contributed by atoms with Crippen LogP contribution in [0.4, 0.5) is 8.78 Å². The summed E-state index contributed by atoms with van der Waals surface area (Å²) in [5.41, 5.74) is 4.54. The monoisotopic (exact) mass is 294 g/mol. The lowest BCUT2D eigenvalue weighted by Crippen LogP contribution is -2.48. The van der Waals surface area contributed by atoms with Crippen molar-refractivity contribution in [3.8, 4) is 5.75 Å². The Kier molecular flexibility index (Phi) is 4.83. The van der Waals surface area contributed by atoms with E-state index in [2.05, 4.69) is 9.46 Å². The summed E-state index contributed by atoms with van der Waals surface area (Å²) >= 11 is 0. The summed E-state index contributed by atoms with van der Waals surface area (Å²) in [7, 11) is -3.99. The quantitative estimate of drug-likeness (QED) is 0.828. The van der Waals surface area contributed by atoms with Gasteiger partial charge in [0.2, 0.25) is 10.0 Å². The lowest BCUT2D eigenvalue weighted by molar-refractivity contribution is -0.0517. The SMILES string of the molecule is CC(C)(CN)NS(=O)(=O)c1ccccc1OC(F)F. The van der Waals surface area contributed by atoms with Gasteiger partial charge in [-0.25, -0.2) is 13.1 Å². The lowest BCUT2D eigenvalue weighted by Gasteiger charge is -2.24. The highest BCUT2D eigenvalue weighted by Crippen LogP contribution is 2.25. The van der Waals surface area contributed by atoms with Crippen LogP contribution in [0.15, 0.2) is 29.2 Å². The fourth-order valence-corrected chi connectivity index (χ4v) is 2.89. The summed E-state index contributed by atoms with van der Waals surface area (Å²) in [6.07, 6.45) is 0. The fourth-order valence-electron chi connectivity index (χ4n) is 1.33. The van der Waals surface area contributed by atoms with Crippen molar-refractivity contribution in [2.45, 2.75) is 30.9 Å². The van der Waals surface area contributed by atoms with Crippen molar-refractivity contribution in [2.75, 3.05) is 6.54 Å². The van der Waals surface area contributed by atoms with Gasteiger partial charge in [-0.1, -0.05) is 12.1 Å². The summed E-state index contributed by atoms with van der Waals surface area (Å²) in [6.45, 7) is 0.130. The van der Waals surface area contributed by atoms with Gasteiger partial charge in [0, 0.05) is 12.1 Å². The second-order valence-electron chi connectivity index (χ2n) is 4.52. The van der Waals surface area contributed by atoms with Crippen molar-refractivity contribution in [2.24, 2.45) is 5.73 Å². The standard InChI is InChI=1S/C11H16F2N2O3S/c1-11(2,7-14)15-19(16,17)9-6-4-3-5-8(9)18-10(12)13/h3-6,10,15H,7,14H2,1-2H3. The Morgan fingerprint density at radius 3 is 2.47 bits per heavy atom. The van der Waals surface area contributed by atoms with Crippen LogP contribution in [0.2, 0.25) is 0 Å². The van der Waals surface area contributed by atoms with Crippen molar-refractivity contribution in [3.05, 3.63) is 24.3 Å². The van der Waals surface area contributed by atoms with E-state index >= 15 is 0 Å². The molecule has 3 N–H and O–H groups in total. The lowest BCUT2D eigenvalue weighted by atomic mass is 10.1. The van der Waals surface area contributed by atoms with E-state index in [9.17, 15) is 17.2 Å². The number of sulfonamides is 1. The predicted molar refractivity (Wildman–Crippen MR) is 66.5 cm³/mol. The molecule has 0 aliphatic carbocycles. The van der Waals surface area contributed by atoms with Crippen LogP contribution in [0.5, 0.6) is 5.75 Å². The number of ether oxygens (including phenoxy) is 1. The molecule has 108 valence electrons. The van der Waals surface area contributed by atoms with Gasteiger partial charge in [-0.15, -0.1) is 0 Å². The van der Waals surface area contributed by atoms with E-state index in [4.69, 9.17) is 5.73 Å². The average Bonchev–Trinajstić information content (AvgIpc) is 2.27. The van der Waals surface area contributed by atoms with Gasteiger partial charge in [-0.3, -0.25) is 0 Å². The molecule has 19 heavy (non-hydrogen) atoms. The third-order valence-corrected chi connectivity index (χ3v) is 4.01. The molecule has 8 heteroatoms. The first-order chi connectivity index (χ1) is 8.68. The number of alkyl halides is 2. The van der Waals surface area contributed by atoms with Crippen LogP contribution in [0, 0.1) is 0 Å². The third kappa shape index (κ3) is 4.41. The highest BCUT2D eigenvalue weighted by molar-refractivity contribution is 7.89. The Morgan fingerprint density at radius 2 is 1.95 bits per heavy atom. The molecular formula is C11H16F2N2O3S. The van der Waals surface area contributed by atoms with Crippen molar-refractivity contribution in [3.63, 3.8) is 0 Å². The van der Waals surface area contributed by atoms with Gasteiger partial charge >= 0.3 is 6.61 Å². The van der Waals surface area contributed by atoms with E-state index in [1.165, 1.54) is 18.2 Å². The van der Waals surface area contributed by atoms with Crippen LogP contribution in [0.3, 0.4) is 0 Å². The average molecular weight is 294 g/mol. The van der Waals surface area contributed by atoms with E-state index < -0.39 is 27.9 Å². The summed E-state index contributed by atoms with van der Waals surface area (Å²) in [6, 6.07) is 5.18. The van der Waals surface area contributed by atoms with Gasteiger partial charge < -0.3 is 10.5 Å². The Morgan fingerprint density at radius 1 is 1.37 bits per heavy atom. The van der Waals surface area contributed by atoms with Gasteiger partial charge in [-0.2, -0.15) is 8.78 Å². The molecule has 0 aromatic heterocycles. The fraction of sp³-hybridized carbons (Fsp3) is 0.455. The minimum Gasteiger partial charge on any atom is -0.433 e. The largest absolute Gasteiger partial charge is 0.433 e. The minimum absolute atomic E-state index is 0.0596. The van der Waals surface area contributed by atoms with Crippen molar-refractivity contribution >= 4 is 10.0 Å². The molecular weight excluding hydrogens is 278 g/mol. The molecule has 0 unspecified atom stereocenters. The van der Waals surface area contributed by atoms with Crippen molar-refractivity contribution < 1.29 is 21.9 Å². The Labute approximate surface area is 110 Å². The van der Waals surface area contributed by atoms with E-state index in [0.29, 0.717) is 0 Å². The molecule has 0 saturated carbocycles. The van der Waals surface area contributed by atoms with Crippen LogP contribution in [0.1, 0.15) is 13.8 Å². The van der Waals surface area contributed by atoms with E-state index in [1.807, 2.05) is 0 Å². The molecule has 0 fully saturated rings. The van der Waals surface area contributed by atoms with Crippen molar-refractivity contribution in [1.29, 1.82) is 0 Å². The minimum atomic E-state index is -3.99. The number of hydrogen-bond donors (Lipinski definition) is 2. The summed E-state index contributed by atoms with van der Waals surface area (Å²) < 4.78 is 55.2. The summed E-state index contributed by atoms with van der Waals surface area (Å²) in [5.74, 6) is -0.405. The number of nitrogens with one attached hydrogen (secondary N) is 1. The molecule has 5 nitrogen and oxygen atoms in total. The predicted octanol–water partition coefficient (Wildman–Crippen LogP) is 1.30. The molecule has 1 aromatic rings. The molecule has 0 saturated heterocycles. The Hall–Kier alpha value is -1.25. The van der Waals surface area contributed by atoms with Crippen LogP contribution in [-0.4, -0.2) is 27.1 Å². The topological polar surface area (TPSA) is 81.4 Å². The van der Waals surface area contributed by atoms with E-state index in [0.717, 1.165) is 6.07 Å². The molecule has 0 atom stereocenters. The third-order valence-electron chi connectivity index (χ3n) is 2.28. The van der Waals surface area contributed by atoms with Gasteiger partial charge in [-0.05, 0) is 26.0 Å². The molecule has 0 heterocycles. The summed E-state index contributed by atoms with van der Waals surface area (Å²) in [5, 5.41) is 0. The molecule has 0 aliphatic rings. The van der Waals surface area contributed by atoms with E-state index in [-0.39, 0.29) is 11.4 Å². The zero-order valence-electron chi connectivity index (χ0n) is 10.6. The molecule has 0 aliphatic heterocycles. The smallest absolute Gasteiger partial charge is 0.387 e. The Bertz CT molecular complexity index is 532. The van der Waals surface area contributed by atoms with Crippen LogP contribution in [0.25, 0.3) is 0 Å². The van der Waals surface area contributed by atoms with Crippen molar-refractivity contribution in [1.82, 2.24) is 4.72 Å². The maximum atomic E-state index is 12.2. The van der Waals surface area contributed by atoms with Crippen LogP contribution >= 0.6 is 0 Å². The number of halogens is 2. The van der Waals surface area contributed by atoms with Crippen LogP contribution in [-0.2, 0) is 10.0 Å². The number of nitrogens with two attached hydrogens (primary N) is 1. The first-order valence-corrected chi connectivity index (χ1v) is 6.94. The highest BCUT2D eigenvalue weighted by atomic mass is 32.2. The molecule has 0 amide bonds. The van der Waals surface area contributed by atoms with E-state index in [1.54, 1.807) is 13.8 Å². The first-order valence-electron chi connectivity index (χ1n) is 5.46. The number of benzene rings is 1. The number of hydrogen-bond acceptors (Lipinski definition) is 4. The molecule has 1 aromatic carbocycles. The highest BCUT2D eigenvalue weighted by Gasteiger charge is 2.27. The molecule has 1 rings (SSSR count). The maximum Gasteiger partial charge on any atom is 0.387 e. The maximum absolute atomic E-state index is 12.2. The molecule has 0 spiro atoms. The normalized spacial score (nSPS) is 12.7. The van der Waals surface area contributed by atoms with Gasteiger partial charge in [0.05, 0.1) is 0 Å². The zero-order chi connectivity index (χ0) is 14.7. The molecule has 0 radical (unpaired) electrons. The summed E-state index contributed by atoms with van der Waals surface area (Å²) in [4.78, 5) is -0.350. The van der Waals surface area contributed by atoms with Gasteiger partial charge in [0.15, 0.2) is 0 Å². The number of para-hydroxylation sites is 1.